The van der Waals surface area contributed by atoms with Crippen LogP contribution >= 0.6 is 55.6 Å². The van der Waals surface area contributed by atoms with Gasteiger partial charge < -0.3 is 10.2 Å². The van der Waals surface area contributed by atoms with E-state index >= 15 is 0 Å². The van der Waals surface area contributed by atoms with Crippen LogP contribution in [0.1, 0.15) is 5.56 Å². The smallest absolute Gasteiger partial charge is 0.135 e. The first kappa shape index (κ1) is 24.9. The molecule has 0 aliphatic heterocycles. The van der Waals surface area contributed by atoms with Crippen LogP contribution in [0.5, 0.6) is 0 Å². The van der Waals surface area contributed by atoms with E-state index in [-0.39, 0.29) is 24.1 Å². The first-order valence-electron chi connectivity index (χ1n) is 6.09. The zero-order valence-corrected chi connectivity index (χ0v) is 18.3. The van der Waals surface area contributed by atoms with E-state index in [9.17, 15) is 25.2 Å². The summed E-state index contributed by atoms with van der Waals surface area (Å²) in [7, 11) is -10.6. The van der Waals surface area contributed by atoms with Gasteiger partial charge in [0.2, 0.25) is 0 Å². The number of rotatable bonds is 6. The Labute approximate surface area is 163 Å². The third kappa shape index (κ3) is 15.2. The van der Waals surface area contributed by atoms with Crippen molar-refractivity contribution in [1.82, 2.24) is 0 Å². The average molecular weight is 595 g/mol. The van der Waals surface area contributed by atoms with Gasteiger partial charge in [0, 0.05) is 19.0 Å². The Hall–Kier alpha value is 0.940. The van der Waals surface area contributed by atoms with Crippen molar-refractivity contribution in [2.24, 2.45) is 0 Å². The molecule has 0 aliphatic rings. The first-order chi connectivity index (χ1) is 10.5. The topological polar surface area (TPSA) is 40.5 Å². The zero-order valence-electron chi connectivity index (χ0n) is 11.8. The van der Waals surface area contributed by atoms with Gasteiger partial charge in [-0.25, -0.2) is 0 Å². The number of benzene rings is 1. The summed E-state index contributed by atoms with van der Waals surface area (Å²) in [6.45, 7) is 0.351. The minimum absolute atomic E-state index is 0.0220. The van der Waals surface area contributed by atoms with Crippen molar-refractivity contribution in [1.29, 1.82) is 0 Å². The van der Waals surface area contributed by atoms with Crippen molar-refractivity contribution in [2.45, 2.75) is 5.75 Å². The van der Waals surface area contributed by atoms with Gasteiger partial charge in [0.1, 0.15) is 17.3 Å². The van der Waals surface area contributed by atoms with Crippen LogP contribution in [0.4, 0.5) is 25.2 Å². The van der Waals surface area contributed by atoms with Crippen LogP contribution in [-0.2, 0) is 16.6 Å². The van der Waals surface area contributed by atoms with Gasteiger partial charge in [0.25, 0.3) is 0 Å². The van der Waals surface area contributed by atoms with Crippen molar-refractivity contribution >= 4 is 66.5 Å². The van der Waals surface area contributed by atoms with Crippen LogP contribution in [0.3, 0.4) is 0 Å². The molecule has 0 heterocycles. The predicted molar refractivity (Wildman–Crippen MR) is 98.1 cm³/mol. The van der Waals surface area contributed by atoms with E-state index in [1.54, 1.807) is 0 Å². The SMILES string of the molecule is F[P-](F)(F)(F)(F)F.OCC[S+](CCO)Cc1c(Br)cc(Br)cc1Br. The molecule has 24 heavy (non-hydrogen) atoms. The molecule has 2 nitrogen and oxygen atoms in total. The molecule has 0 atom stereocenters. The Bertz CT molecular complexity index is 517. The van der Waals surface area contributed by atoms with Crippen molar-refractivity contribution in [3.63, 3.8) is 0 Å². The van der Waals surface area contributed by atoms with Gasteiger partial charge in [0.15, 0.2) is 0 Å². The van der Waals surface area contributed by atoms with Crippen LogP contribution in [0.2, 0.25) is 0 Å². The number of hydrogen-bond acceptors (Lipinski definition) is 2. The molecule has 0 fully saturated rings. The van der Waals surface area contributed by atoms with Crippen LogP contribution < -0.4 is 0 Å². The molecule has 1 aromatic carbocycles. The van der Waals surface area contributed by atoms with Crippen LogP contribution in [0.25, 0.3) is 0 Å². The third-order valence-corrected chi connectivity index (χ3v) is 6.30. The second kappa shape index (κ2) is 8.75. The maximum Gasteiger partial charge on any atom is 0.135 e. The van der Waals surface area contributed by atoms with Crippen LogP contribution in [-0.4, -0.2) is 34.9 Å². The number of aliphatic hydroxyl groups excluding tert-OH is 2. The van der Waals surface area contributed by atoms with E-state index in [4.69, 9.17) is 10.2 Å². The molecular weight excluding hydrogens is 581 g/mol. The van der Waals surface area contributed by atoms with Gasteiger partial charge in [-0.2, -0.15) is 0 Å². The Kier molecular flexibility index (Phi) is 9.09. The van der Waals surface area contributed by atoms with E-state index in [0.29, 0.717) is 0 Å². The summed E-state index contributed by atoms with van der Waals surface area (Å²) in [6, 6.07) is 4.03. The second-order valence-electron chi connectivity index (χ2n) is 4.42. The molecule has 0 amide bonds. The maximum absolute atomic E-state index is 10.7. The summed E-state index contributed by atoms with van der Waals surface area (Å²) < 4.78 is 62.3. The molecule has 0 saturated heterocycles. The average Bonchev–Trinajstić information content (AvgIpc) is 2.30. The fraction of sp³-hybridized carbons (Fsp3) is 0.455. The van der Waals surface area contributed by atoms with Crippen LogP contribution in [0, 0.1) is 0 Å². The van der Waals surface area contributed by atoms with Gasteiger partial charge in [-0.15, -0.1) is 0 Å². The molecule has 0 saturated carbocycles. The summed E-state index contributed by atoms with van der Waals surface area (Å²) in [5, 5.41) is 18.0. The largest absolute Gasteiger partial charge is 0.391 e. The van der Waals surface area contributed by atoms with E-state index in [1.165, 1.54) is 5.56 Å². The Balaban J connectivity index is 0.000000640. The van der Waals surface area contributed by atoms with E-state index < -0.39 is 7.81 Å². The zero-order chi connectivity index (χ0) is 19.2. The fourth-order valence-corrected chi connectivity index (χ4v) is 6.06. The number of halogens is 9. The molecule has 2 N–H and O–H groups in total. The number of hydrogen-bond donors (Lipinski definition) is 2. The maximum atomic E-state index is 9.87. The molecule has 0 unspecified atom stereocenters. The predicted octanol–water partition coefficient (Wildman–Crippen LogP) is 6.46. The van der Waals surface area contributed by atoms with E-state index in [0.717, 1.165) is 30.7 Å². The summed E-state index contributed by atoms with van der Waals surface area (Å²) in [6.07, 6.45) is 0. The molecule has 0 bridgehead atoms. The van der Waals surface area contributed by atoms with Gasteiger partial charge >= 0.3 is 33.0 Å². The van der Waals surface area contributed by atoms with E-state index in [2.05, 4.69) is 47.8 Å². The van der Waals surface area contributed by atoms with Gasteiger partial charge in [0.05, 0.1) is 13.2 Å². The van der Waals surface area contributed by atoms with Crippen molar-refractivity contribution in [3.8, 4) is 0 Å². The normalized spacial score (nSPS) is 14.7. The molecule has 0 aliphatic carbocycles. The second-order valence-corrected chi connectivity index (χ2v) is 11.3. The minimum atomic E-state index is -10.7. The monoisotopic (exact) mass is 592 g/mol. The van der Waals surface area contributed by atoms with Crippen LogP contribution in [0.15, 0.2) is 25.6 Å². The molecular formula is C11H14Br3F6O2PS. The standard InChI is InChI=1S/C11H14Br3O2S.F6P/c12-8-5-10(13)9(11(14)6-8)7-17(3-1-15)4-2-16;1-7(2,3,4,5)6/h5-6,15-16H,1-4,7H2;/q+1;-1. The molecule has 0 aromatic heterocycles. The Morgan fingerprint density at radius 2 is 1.17 bits per heavy atom. The molecule has 0 radical (unpaired) electrons. The van der Waals surface area contributed by atoms with Gasteiger partial charge in [-0.3, -0.25) is 0 Å². The third-order valence-electron chi connectivity index (χ3n) is 2.21. The Morgan fingerprint density at radius 1 is 0.833 bits per heavy atom. The summed E-state index contributed by atoms with van der Waals surface area (Å²) in [5.41, 5.74) is 1.19. The van der Waals surface area contributed by atoms with Crippen molar-refractivity contribution < 1.29 is 35.4 Å². The molecule has 144 valence electrons. The molecule has 0 spiro atoms. The quantitative estimate of drug-likeness (QED) is 0.226. The molecule has 13 heteroatoms. The van der Waals surface area contributed by atoms with Gasteiger partial charge in [-0.05, 0) is 23.0 Å². The van der Waals surface area contributed by atoms with E-state index in [1.807, 2.05) is 12.1 Å². The summed E-state index contributed by atoms with van der Waals surface area (Å²) >= 11 is 10.5. The summed E-state index contributed by atoms with van der Waals surface area (Å²) in [5.74, 6) is 2.36. The minimum Gasteiger partial charge on any atom is -0.391 e. The number of aliphatic hydroxyl groups is 2. The van der Waals surface area contributed by atoms with Gasteiger partial charge in [-0.1, -0.05) is 47.8 Å². The molecule has 1 rings (SSSR count). The first-order valence-corrected chi connectivity index (χ1v) is 12.2. The molecule has 1 aromatic rings. The van der Waals surface area contributed by atoms with Crippen molar-refractivity contribution in [3.05, 3.63) is 31.1 Å². The summed E-state index contributed by atoms with van der Waals surface area (Å²) in [4.78, 5) is 0. The Morgan fingerprint density at radius 3 is 1.46 bits per heavy atom. The van der Waals surface area contributed by atoms with Crippen molar-refractivity contribution in [2.75, 3.05) is 24.7 Å². The fourth-order valence-electron chi connectivity index (χ4n) is 1.42.